The van der Waals surface area contributed by atoms with Crippen LogP contribution in [0.25, 0.3) is 0 Å². The van der Waals surface area contributed by atoms with E-state index >= 15 is 0 Å². The van der Waals surface area contributed by atoms with Crippen molar-refractivity contribution in [2.45, 2.75) is 76.5 Å². The van der Waals surface area contributed by atoms with Gasteiger partial charge in [-0.25, -0.2) is 4.39 Å². The predicted molar refractivity (Wildman–Crippen MR) is 132 cm³/mol. The van der Waals surface area contributed by atoms with Gasteiger partial charge in [0.25, 0.3) is 0 Å². The Labute approximate surface area is 208 Å². The Morgan fingerprint density at radius 1 is 0.943 bits per heavy atom. The van der Waals surface area contributed by atoms with Gasteiger partial charge in [0.15, 0.2) is 0 Å². The van der Waals surface area contributed by atoms with Crippen LogP contribution in [0.2, 0.25) is 0 Å². The first kappa shape index (κ1) is 27.6. The van der Waals surface area contributed by atoms with Crippen LogP contribution < -0.4 is 4.74 Å². The monoisotopic (exact) mass is 490 g/mol. The molecular weight excluding hydrogens is 451 g/mol. The largest absolute Gasteiger partial charge is 0.497 e. The van der Waals surface area contributed by atoms with Gasteiger partial charge in [-0.2, -0.15) is 0 Å². The highest BCUT2D eigenvalue weighted by atomic mass is 19.1. The van der Waals surface area contributed by atoms with Gasteiger partial charge < -0.3 is 29.2 Å². The minimum absolute atomic E-state index is 0.307. The molecule has 35 heavy (non-hydrogen) atoms. The second-order valence-corrected chi connectivity index (χ2v) is 9.02. The van der Waals surface area contributed by atoms with E-state index in [4.69, 9.17) is 18.9 Å². The zero-order valence-corrected chi connectivity index (χ0v) is 21.0. The van der Waals surface area contributed by atoms with Gasteiger partial charge in [0.05, 0.1) is 13.7 Å². The minimum Gasteiger partial charge on any atom is -0.497 e. The summed E-state index contributed by atoms with van der Waals surface area (Å²) < 4.78 is 38.4. The average Bonchev–Trinajstić information content (AvgIpc) is 2.87. The Hall–Kier alpha value is -2.03. The number of aliphatic hydroxyl groups is 2. The molecule has 0 spiro atoms. The highest BCUT2D eigenvalue weighted by Crippen LogP contribution is 2.37. The molecule has 1 fully saturated rings. The van der Waals surface area contributed by atoms with Crippen LogP contribution in [0, 0.1) is 5.82 Å². The zero-order valence-electron chi connectivity index (χ0n) is 21.0. The van der Waals surface area contributed by atoms with E-state index in [1.165, 1.54) is 6.07 Å². The van der Waals surface area contributed by atoms with Crippen molar-refractivity contribution in [3.8, 4) is 5.75 Å². The van der Waals surface area contributed by atoms with E-state index in [-0.39, 0.29) is 12.4 Å². The number of rotatable bonds is 13. The summed E-state index contributed by atoms with van der Waals surface area (Å²) in [4.78, 5) is 0. The topological polar surface area (TPSA) is 77.4 Å². The number of aliphatic hydroxyl groups excluding tert-OH is 2. The smallest absolute Gasteiger partial charge is 0.126 e. The van der Waals surface area contributed by atoms with E-state index in [2.05, 4.69) is 13.8 Å². The van der Waals surface area contributed by atoms with Crippen LogP contribution in [0.5, 0.6) is 5.75 Å². The van der Waals surface area contributed by atoms with Gasteiger partial charge in [-0.1, -0.05) is 44.9 Å². The van der Waals surface area contributed by atoms with Crippen LogP contribution in [0.15, 0.2) is 42.5 Å². The second kappa shape index (κ2) is 13.9. The number of unbranched alkanes of at least 4 members (excludes halogenated alkanes) is 2. The summed E-state index contributed by atoms with van der Waals surface area (Å²) in [5.41, 5.74) is 2.20. The Bertz CT molecular complexity index is 890. The minimum atomic E-state index is -1.03. The molecule has 2 N–H and O–H groups in total. The van der Waals surface area contributed by atoms with Crippen LogP contribution in [0.4, 0.5) is 4.39 Å². The maximum Gasteiger partial charge on any atom is 0.126 e. The molecule has 7 heteroatoms. The molecule has 1 heterocycles. The lowest BCUT2D eigenvalue weighted by Gasteiger charge is -2.44. The molecule has 0 saturated carbocycles. The van der Waals surface area contributed by atoms with E-state index in [1.54, 1.807) is 19.2 Å². The molecule has 2 aromatic carbocycles. The Morgan fingerprint density at radius 2 is 1.60 bits per heavy atom. The summed E-state index contributed by atoms with van der Waals surface area (Å²) in [7, 11) is 1.61. The van der Waals surface area contributed by atoms with Crippen molar-refractivity contribution in [3.63, 3.8) is 0 Å². The molecule has 1 aliphatic rings. The molecule has 6 nitrogen and oxygen atoms in total. The van der Waals surface area contributed by atoms with Gasteiger partial charge in [0.2, 0.25) is 0 Å². The average molecular weight is 491 g/mol. The summed E-state index contributed by atoms with van der Waals surface area (Å²) >= 11 is 0. The summed E-state index contributed by atoms with van der Waals surface area (Å²) in [5, 5.41) is 20.8. The summed E-state index contributed by atoms with van der Waals surface area (Å²) in [6.07, 6.45) is 0.310. The van der Waals surface area contributed by atoms with Gasteiger partial charge in [-0.05, 0) is 53.8 Å². The van der Waals surface area contributed by atoms with Crippen molar-refractivity contribution in [3.05, 3.63) is 65.0 Å². The summed E-state index contributed by atoms with van der Waals surface area (Å²) in [5.74, 6) is 0.437. The second-order valence-electron chi connectivity index (χ2n) is 9.02. The summed E-state index contributed by atoms with van der Waals surface area (Å²) in [6.45, 7) is 4.76. The third kappa shape index (κ3) is 7.24. The van der Waals surface area contributed by atoms with E-state index < -0.39 is 30.5 Å². The molecule has 0 radical (unpaired) electrons. The molecular formula is C28H39FO6. The third-order valence-corrected chi connectivity index (χ3v) is 6.41. The van der Waals surface area contributed by atoms with Crippen molar-refractivity contribution in [1.82, 2.24) is 0 Å². The van der Waals surface area contributed by atoms with E-state index in [0.29, 0.717) is 25.2 Å². The van der Waals surface area contributed by atoms with E-state index in [1.807, 2.05) is 24.3 Å². The third-order valence-electron chi connectivity index (χ3n) is 6.41. The molecule has 5 unspecified atom stereocenters. The molecule has 5 atom stereocenters. The number of methoxy groups -OCH3 is 1. The highest BCUT2D eigenvalue weighted by molar-refractivity contribution is 5.35. The molecule has 1 saturated heterocycles. The molecule has 1 aliphatic heterocycles. The first-order valence-electron chi connectivity index (χ1n) is 12.6. The lowest BCUT2D eigenvalue weighted by atomic mass is 9.89. The standard InChI is InChI=1S/C28H39FO6/c1-4-6-14-33-27-25(31)24(18-30)35-26(28(27)34-15-7-5-2)20-10-13-23(29)21(17-20)16-19-8-11-22(32-3)12-9-19/h8-13,17,24-28,30-31H,4-7,14-16,18H2,1-3H3. The lowest BCUT2D eigenvalue weighted by molar-refractivity contribution is -0.255. The Balaban J connectivity index is 1.90. The van der Waals surface area contributed by atoms with E-state index in [9.17, 15) is 14.6 Å². The Kier molecular flexibility index (Phi) is 10.9. The number of ether oxygens (including phenoxy) is 4. The number of benzene rings is 2. The molecule has 2 aromatic rings. The van der Waals surface area contributed by atoms with Crippen LogP contribution in [0.1, 0.15) is 62.3 Å². The molecule has 194 valence electrons. The number of halogens is 1. The van der Waals surface area contributed by atoms with Crippen LogP contribution in [-0.4, -0.2) is 61.6 Å². The van der Waals surface area contributed by atoms with Crippen molar-refractivity contribution >= 4 is 0 Å². The SMILES string of the molecule is CCCCOC1C(c2ccc(F)c(Cc3ccc(OC)cc3)c2)OC(CO)C(O)C1OCCCC. The van der Waals surface area contributed by atoms with Crippen molar-refractivity contribution in [2.24, 2.45) is 0 Å². The molecule has 0 bridgehead atoms. The maximum atomic E-state index is 14.8. The fourth-order valence-corrected chi connectivity index (χ4v) is 4.32. The van der Waals surface area contributed by atoms with Crippen LogP contribution in [0.3, 0.4) is 0 Å². The molecule has 0 aromatic heterocycles. The quantitative estimate of drug-likeness (QED) is 0.400. The van der Waals surface area contributed by atoms with Crippen molar-refractivity contribution in [1.29, 1.82) is 0 Å². The van der Waals surface area contributed by atoms with Gasteiger partial charge in [0.1, 0.15) is 42.1 Å². The summed E-state index contributed by atoms with van der Waals surface area (Å²) in [6, 6.07) is 12.4. The highest BCUT2D eigenvalue weighted by Gasteiger charge is 2.47. The fourth-order valence-electron chi connectivity index (χ4n) is 4.32. The fraction of sp³-hybridized carbons (Fsp3) is 0.571. The van der Waals surface area contributed by atoms with Crippen LogP contribution >= 0.6 is 0 Å². The molecule has 0 aliphatic carbocycles. The van der Waals surface area contributed by atoms with Gasteiger partial charge in [-0.15, -0.1) is 0 Å². The van der Waals surface area contributed by atoms with Crippen LogP contribution in [-0.2, 0) is 20.6 Å². The van der Waals surface area contributed by atoms with Crippen molar-refractivity contribution in [2.75, 3.05) is 26.9 Å². The van der Waals surface area contributed by atoms with Gasteiger partial charge in [-0.3, -0.25) is 0 Å². The lowest BCUT2D eigenvalue weighted by Crippen LogP contribution is -2.57. The zero-order chi connectivity index (χ0) is 25.2. The Morgan fingerprint density at radius 3 is 2.20 bits per heavy atom. The number of hydrogen-bond acceptors (Lipinski definition) is 6. The van der Waals surface area contributed by atoms with E-state index in [0.717, 1.165) is 42.6 Å². The number of hydrogen-bond donors (Lipinski definition) is 2. The molecule has 0 amide bonds. The molecule has 3 rings (SSSR count). The maximum absolute atomic E-state index is 14.8. The first-order valence-corrected chi connectivity index (χ1v) is 12.6. The first-order chi connectivity index (χ1) is 17.0. The van der Waals surface area contributed by atoms with Gasteiger partial charge >= 0.3 is 0 Å². The normalized spacial score (nSPS) is 24.5. The predicted octanol–water partition coefficient (Wildman–Crippen LogP) is 4.59. The van der Waals surface area contributed by atoms with Crippen molar-refractivity contribution < 1.29 is 33.6 Å². The van der Waals surface area contributed by atoms with Gasteiger partial charge in [0, 0.05) is 19.6 Å².